The zero-order chi connectivity index (χ0) is 18.2. The normalized spacial score (nSPS) is 23.9. The summed E-state index contributed by atoms with van der Waals surface area (Å²) >= 11 is 0. The predicted octanol–water partition coefficient (Wildman–Crippen LogP) is 1.65. The van der Waals surface area contributed by atoms with Crippen molar-refractivity contribution < 1.29 is 13.6 Å². The zero-order valence-electron chi connectivity index (χ0n) is 14.5. The van der Waals surface area contributed by atoms with Crippen LogP contribution in [-0.2, 0) is 0 Å². The number of nitrogens with zero attached hydrogens (tertiary/aromatic N) is 4. The molecule has 7 heteroatoms. The Labute approximate surface area is 146 Å². The summed E-state index contributed by atoms with van der Waals surface area (Å²) in [5.74, 6) is -2.91. The fraction of sp³-hybridized carbons (Fsp3) is 0.556. The molecule has 0 radical (unpaired) electrons. The Balaban J connectivity index is 1.66. The lowest BCUT2D eigenvalue weighted by atomic mass is 10.1. The minimum absolute atomic E-state index is 0.141. The first-order chi connectivity index (χ1) is 11.8. The molecule has 134 valence electrons. The van der Waals surface area contributed by atoms with E-state index in [0.717, 1.165) is 13.1 Å². The highest BCUT2D eigenvalue weighted by Crippen LogP contribution is 2.35. The van der Waals surface area contributed by atoms with Gasteiger partial charge in [0.25, 0.3) is 11.8 Å². The van der Waals surface area contributed by atoms with E-state index in [4.69, 9.17) is 5.26 Å². The average molecular weight is 348 g/mol. The second kappa shape index (κ2) is 6.70. The molecule has 2 saturated heterocycles. The van der Waals surface area contributed by atoms with Crippen molar-refractivity contribution >= 4 is 5.91 Å². The Bertz CT molecular complexity index is 679. The molecule has 2 fully saturated rings. The van der Waals surface area contributed by atoms with Crippen molar-refractivity contribution in [3.05, 3.63) is 35.4 Å². The van der Waals surface area contributed by atoms with Crippen molar-refractivity contribution in [3.8, 4) is 6.07 Å². The molecule has 0 saturated carbocycles. The fourth-order valence-electron chi connectivity index (χ4n) is 3.70. The summed E-state index contributed by atoms with van der Waals surface area (Å²) in [7, 11) is 3.61. The van der Waals surface area contributed by atoms with Gasteiger partial charge in [-0.05, 0) is 31.3 Å². The molecule has 2 heterocycles. The molecule has 0 aromatic heterocycles. The van der Waals surface area contributed by atoms with E-state index in [2.05, 4.69) is 4.90 Å². The topological polar surface area (TPSA) is 50.6 Å². The van der Waals surface area contributed by atoms with Gasteiger partial charge in [0.2, 0.25) is 0 Å². The van der Waals surface area contributed by atoms with Crippen LogP contribution >= 0.6 is 0 Å². The number of likely N-dealkylation sites (N-methyl/N-ethyl adjacent to an activating group) is 2. The lowest BCUT2D eigenvalue weighted by Gasteiger charge is -2.44. The van der Waals surface area contributed by atoms with Crippen LogP contribution in [0.5, 0.6) is 0 Å². The lowest BCUT2D eigenvalue weighted by Crippen LogP contribution is -2.60. The SMILES string of the molecule is CN1CC(N2CC(F)(F)C[C@H]2CN(C)C(=O)c2ccc(C#N)cc2)C1. The number of hydrogen-bond donors (Lipinski definition) is 0. The van der Waals surface area contributed by atoms with Crippen LogP contribution in [0, 0.1) is 11.3 Å². The molecule has 0 aliphatic carbocycles. The van der Waals surface area contributed by atoms with Gasteiger partial charge >= 0.3 is 0 Å². The molecule has 0 unspecified atom stereocenters. The van der Waals surface area contributed by atoms with Crippen LogP contribution in [0.1, 0.15) is 22.3 Å². The number of halogens is 2. The van der Waals surface area contributed by atoms with Gasteiger partial charge in [-0.2, -0.15) is 5.26 Å². The lowest BCUT2D eigenvalue weighted by molar-refractivity contribution is -0.00983. The van der Waals surface area contributed by atoms with Gasteiger partial charge in [-0.3, -0.25) is 9.69 Å². The van der Waals surface area contributed by atoms with Crippen molar-refractivity contribution in [3.63, 3.8) is 0 Å². The number of amides is 1. The number of nitriles is 1. The van der Waals surface area contributed by atoms with Crippen LogP contribution in [0.2, 0.25) is 0 Å². The highest BCUT2D eigenvalue weighted by molar-refractivity contribution is 5.94. The number of carbonyl (C=O) groups is 1. The molecular weight excluding hydrogens is 326 g/mol. The van der Waals surface area contributed by atoms with Crippen LogP contribution in [0.25, 0.3) is 0 Å². The molecule has 0 N–H and O–H groups in total. The number of benzene rings is 1. The summed E-state index contributed by atoms with van der Waals surface area (Å²) in [5.41, 5.74) is 0.941. The first-order valence-electron chi connectivity index (χ1n) is 8.37. The number of likely N-dealkylation sites (tertiary alicyclic amines) is 2. The standard InChI is InChI=1S/C18H22F2N4O/c1-22-9-16(10-22)24-12-18(19,20)7-15(24)11-23(2)17(25)14-5-3-13(8-21)4-6-14/h3-6,15-16H,7,9-12H2,1-2H3/t15-/m0/s1. The van der Waals surface area contributed by atoms with Crippen LogP contribution in [-0.4, -0.2) is 78.9 Å². The van der Waals surface area contributed by atoms with E-state index < -0.39 is 5.92 Å². The number of rotatable bonds is 4. The van der Waals surface area contributed by atoms with Gasteiger partial charge in [-0.1, -0.05) is 0 Å². The van der Waals surface area contributed by atoms with E-state index in [1.165, 1.54) is 4.90 Å². The molecule has 2 aliphatic rings. The van der Waals surface area contributed by atoms with E-state index >= 15 is 0 Å². The third-order valence-corrected chi connectivity index (χ3v) is 5.02. The van der Waals surface area contributed by atoms with E-state index in [1.807, 2.05) is 18.0 Å². The molecule has 1 aromatic rings. The van der Waals surface area contributed by atoms with Crippen molar-refractivity contribution in [1.82, 2.24) is 14.7 Å². The fourth-order valence-corrected chi connectivity index (χ4v) is 3.70. The molecular formula is C18H22F2N4O. The maximum Gasteiger partial charge on any atom is 0.262 e. The van der Waals surface area contributed by atoms with Crippen molar-refractivity contribution in [2.24, 2.45) is 0 Å². The van der Waals surface area contributed by atoms with Gasteiger partial charge in [-0.15, -0.1) is 0 Å². The first kappa shape index (κ1) is 17.8. The summed E-state index contributed by atoms with van der Waals surface area (Å²) in [6.07, 6.45) is -0.210. The minimum atomic E-state index is -2.70. The molecule has 0 spiro atoms. The molecule has 25 heavy (non-hydrogen) atoms. The van der Waals surface area contributed by atoms with E-state index in [1.54, 1.807) is 31.3 Å². The third kappa shape index (κ3) is 3.80. The maximum atomic E-state index is 13.9. The predicted molar refractivity (Wildman–Crippen MR) is 89.5 cm³/mol. The highest BCUT2D eigenvalue weighted by Gasteiger charge is 2.49. The van der Waals surface area contributed by atoms with Gasteiger partial charge in [0.05, 0.1) is 18.2 Å². The molecule has 3 rings (SSSR count). The summed E-state index contributed by atoms with van der Waals surface area (Å²) in [6, 6.07) is 8.18. The van der Waals surface area contributed by atoms with Gasteiger partial charge < -0.3 is 9.80 Å². The molecule has 1 aromatic carbocycles. The maximum absolute atomic E-state index is 13.9. The van der Waals surface area contributed by atoms with Crippen molar-refractivity contribution in [2.75, 3.05) is 40.3 Å². The minimum Gasteiger partial charge on any atom is -0.340 e. The van der Waals surface area contributed by atoms with E-state index in [0.29, 0.717) is 11.1 Å². The molecule has 1 amide bonds. The summed E-state index contributed by atoms with van der Waals surface area (Å²) < 4.78 is 27.9. The summed E-state index contributed by atoms with van der Waals surface area (Å²) in [4.78, 5) is 18.0. The monoisotopic (exact) mass is 348 g/mol. The van der Waals surface area contributed by atoms with E-state index in [9.17, 15) is 13.6 Å². The van der Waals surface area contributed by atoms with Gasteiger partial charge in [0, 0.05) is 50.7 Å². The number of alkyl halides is 2. The van der Waals surface area contributed by atoms with Crippen LogP contribution in [0.4, 0.5) is 8.78 Å². The molecule has 1 atom stereocenters. The Morgan fingerprint density at radius 3 is 2.56 bits per heavy atom. The summed E-state index contributed by atoms with van der Waals surface area (Å²) in [6.45, 7) is 1.63. The smallest absolute Gasteiger partial charge is 0.262 e. The Morgan fingerprint density at radius 1 is 1.36 bits per heavy atom. The van der Waals surface area contributed by atoms with Crippen LogP contribution < -0.4 is 0 Å². The Hall–Kier alpha value is -2.04. The highest BCUT2D eigenvalue weighted by atomic mass is 19.3. The summed E-state index contributed by atoms with van der Waals surface area (Å²) in [5, 5.41) is 8.82. The van der Waals surface area contributed by atoms with Gasteiger partial charge in [0.15, 0.2) is 0 Å². The average Bonchev–Trinajstić information content (AvgIpc) is 2.85. The largest absolute Gasteiger partial charge is 0.340 e. The molecule has 0 bridgehead atoms. The number of hydrogen-bond acceptors (Lipinski definition) is 4. The second-order valence-electron chi connectivity index (χ2n) is 7.14. The molecule has 5 nitrogen and oxygen atoms in total. The van der Waals surface area contributed by atoms with Crippen molar-refractivity contribution in [2.45, 2.75) is 24.4 Å². The Morgan fingerprint density at radius 2 is 2.00 bits per heavy atom. The van der Waals surface area contributed by atoms with Gasteiger partial charge in [-0.25, -0.2) is 8.78 Å². The van der Waals surface area contributed by atoms with E-state index in [-0.39, 0.29) is 37.5 Å². The van der Waals surface area contributed by atoms with Crippen molar-refractivity contribution in [1.29, 1.82) is 5.26 Å². The molecule has 2 aliphatic heterocycles. The quantitative estimate of drug-likeness (QED) is 0.830. The first-order valence-corrected chi connectivity index (χ1v) is 8.37. The third-order valence-electron chi connectivity index (χ3n) is 5.02. The number of carbonyl (C=O) groups excluding carboxylic acids is 1. The van der Waals surface area contributed by atoms with Crippen LogP contribution in [0.15, 0.2) is 24.3 Å². The van der Waals surface area contributed by atoms with Gasteiger partial charge in [0.1, 0.15) is 0 Å². The second-order valence-corrected chi connectivity index (χ2v) is 7.14. The Kier molecular flexibility index (Phi) is 4.76. The van der Waals surface area contributed by atoms with Crippen LogP contribution in [0.3, 0.4) is 0 Å². The zero-order valence-corrected chi connectivity index (χ0v) is 14.5.